The Morgan fingerprint density at radius 3 is 0.588 bits per heavy atom. The van der Waals surface area contributed by atoms with E-state index in [0.29, 0.717) is 72.0 Å². The van der Waals surface area contributed by atoms with Gasteiger partial charge >= 0.3 is 0 Å². The highest BCUT2D eigenvalue weighted by Crippen LogP contribution is 2.46. The second-order valence-corrected chi connectivity index (χ2v) is 42.4. The minimum absolute atomic E-state index is 0.000594. The molecule has 44 nitrogen and oxygen atoms in total. The minimum Gasteiger partial charge on any atom is -0.487 e. The van der Waals surface area contributed by atoms with Gasteiger partial charge in [0.25, 0.3) is 0 Å². The molecule has 4 saturated heterocycles. The van der Waals surface area contributed by atoms with Gasteiger partial charge in [-0.1, -0.05) is 152 Å². The van der Waals surface area contributed by atoms with Gasteiger partial charge in [-0.25, -0.2) is 18.7 Å². The van der Waals surface area contributed by atoms with E-state index >= 15 is 0 Å². The van der Waals surface area contributed by atoms with Gasteiger partial charge in [-0.15, -0.1) is 20.4 Å². The molecule has 20 atom stereocenters. The largest absolute Gasteiger partial charge is 0.487 e. The molecule has 4 fully saturated rings. The van der Waals surface area contributed by atoms with E-state index in [1.165, 1.54) is 0 Å². The van der Waals surface area contributed by atoms with Crippen molar-refractivity contribution in [2.75, 3.05) is 132 Å². The number of fused-ring (bicyclic) bond motifs is 8. The monoisotopic (exact) mass is 2090 g/mol. The SMILES string of the molecule is C[C@@H]1O[C@@H](OCCOCCOCCn2cc(COc3c4cc(C(C)(C)C)cc3Cc3cc(C(C)(C)C)cc(c3OCc3cn(CCOCCOCCO[C@@H]5O[C@@H](C)[C@@H](O)[C@@H](O)[C@@H]5O)nn3)Cc3cc(C(C)(C)C)cc(c3OCc3cn(CCOCCOCCO[C@@H]5O[C@@H](C)[C@@H](O)[C@@H](O)[C@@H]5O)nn3)Cc3cc(C(C)(C)C)cc(c3OCc3cn(CCOCCOCCO[C@@H]5O[C@@H](C)[C@@H](O)[C@@H](O)[C@@H]5O)nn3)C4)nn2)[C@@H](O)[C@H](O)[C@@H]1O. The second-order valence-electron chi connectivity index (χ2n) is 42.4. The van der Waals surface area contributed by atoms with Crippen LogP contribution in [0.5, 0.6) is 23.0 Å². The minimum atomic E-state index is -1.43. The van der Waals surface area contributed by atoms with Gasteiger partial charge in [-0.2, -0.15) is 0 Å². The maximum absolute atomic E-state index is 10.4. The van der Waals surface area contributed by atoms with Crippen LogP contribution < -0.4 is 18.9 Å². The zero-order chi connectivity index (χ0) is 106. The van der Waals surface area contributed by atoms with Crippen LogP contribution in [-0.2, 0) is 176 Å². The molecule has 4 aromatic carbocycles. The molecule has 12 N–H and O–H groups in total. The number of benzene rings is 4. The van der Waals surface area contributed by atoms with Crippen LogP contribution in [-0.4, -0.2) is 376 Å². The lowest BCUT2D eigenvalue weighted by Gasteiger charge is -2.38. The molecule has 0 spiro atoms. The van der Waals surface area contributed by atoms with Crippen LogP contribution in [0.2, 0.25) is 0 Å². The molecule has 4 aromatic heterocycles. The van der Waals surface area contributed by atoms with Crippen molar-refractivity contribution < 1.29 is 156 Å². The summed E-state index contributed by atoms with van der Waals surface area (Å²) in [6.45, 7) is 38.1. The van der Waals surface area contributed by atoms with Gasteiger partial charge in [0.15, 0.2) is 25.2 Å². The maximum atomic E-state index is 10.4. The topological polar surface area (TPSA) is 550 Å². The first-order valence-electron chi connectivity index (χ1n) is 51.1. The molecule has 8 heterocycles. The Kier molecular flexibility index (Phi) is 42.8. The first-order chi connectivity index (χ1) is 70.5. The third-order valence-corrected chi connectivity index (χ3v) is 26.4. The van der Waals surface area contributed by atoms with E-state index in [-0.39, 0.29) is 184 Å². The summed E-state index contributed by atoms with van der Waals surface area (Å²) in [6, 6.07) is 18.0. The lowest BCUT2D eigenvalue weighted by atomic mass is 9.79. The predicted octanol–water partition coefficient (Wildman–Crippen LogP) is 3.74. The number of hydrogen-bond donors (Lipinski definition) is 12. The van der Waals surface area contributed by atoms with Gasteiger partial charge in [0.05, 0.1) is 208 Å². The fraction of sp³-hybridized carbons (Fsp3) is 0.692. The number of hydrogen-bond acceptors (Lipinski definition) is 40. The Labute approximate surface area is 863 Å². The lowest BCUT2D eigenvalue weighted by Crippen LogP contribution is -2.57. The molecule has 0 saturated carbocycles. The summed E-state index contributed by atoms with van der Waals surface area (Å²) in [7, 11) is 0. The molecular weight excluding hydrogens is 1930 g/mol. The first kappa shape index (κ1) is 117. The van der Waals surface area contributed by atoms with Gasteiger partial charge in [0, 0.05) is 25.7 Å². The van der Waals surface area contributed by atoms with Crippen LogP contribution in [0.3, 0.4) is 0 Å². The normalized spacial score (nSPS) is 25.2. The van der Waals surface area contributed by atoms with Crippen LogP contribution in [0.25, 0.3) is 0 Å². The van der Waals surface area contributed by atoms with Crippen LogP contribution in [0.4, 0.5) is 0 Å². The van der Waals surface area contributed by atoms with E-state index in [0.717, 1.165) is 66.8 Å². The Morgan fingerprint density at radius 2 is 0.412 bits per heavy atom. The van der Waals surface area contributed by atoms with Crippen molar-refractivity contribution in [3.8, 4) is 23.0 Å². The summed E-state index contributed by atoms with van der Waals surface area (Å²) in [5.41, 5.74) is 11.5. The van der Waals surface area contributed by atoms with Crippen molar-refractivity contribution in [2.24, 2.45) is 0 Å². The van der Waals surface area contributed by atoms with Crippen LogP contribution in [0, 0.1) is 0 Å². The average molecular weight is 2090 g/mol. The van der Waals surface area contributed by atoms with Crippen molar-refractivity contribution in [3.63, 3.8) is 0 Å². The van der Waals surface area contributed by atoms with E-state index in [1.807, 2.05) is 24.8 Å². The number of aromatic nitrogens is 12. The molecule has 4 aliphatic heterocycles. The summed E-state index contributed by atoms with van der Waals surface area (Å²) in [5.74, 6) is 2.45. The van der Waals surface area contributed by atoms with E-state index in [1.54, 1.807) is 46.4 Å². The zero-order valence-electron chi connectivity index (χ0n) is 88.0. The van der Waals surface area contributed by atoms with Gasteiger partial charge in [-0.05, 0) is 116 Å². The summed E-state index contributed by atoms with van der Waals surface area (Å²) < 4.78 is 128. The molecule has 13 rings (SSSR count). The molecular formula is C104H156N12O32. The Morgan fingerprint density at radius 1 is 0.243 bits per heavy atom. The predicted molar refractivity (Wildman–Crippen MR) is 529 cm³/mol. The molecule has 44 heteroatoms. The van der Waals surface area contributed by atoms with Gasteiger partial charge < -0.3 is 156 Å². The quantitative estimate of drug-likeness (QED) is 0.0242. The molecule has 0 radical (unpaired) electrons. The van der Waals surface area contributed by atoms with Gasteiger partial charge in [-0.3, -0.25) is 0 Å². The number of aliphatic hydroxyl groups is 12. The smallest absolute Gasteiger partial charge is 0.186 e. The standard InChI is InChI=1S/C104H156N12O32/c1-61-81(117)85(121)89(125)97(145-61)137-37-33-133-29-25-129-21-17-113-53-77(105-109-113)57-141-93-65-41-67-47-74(102(8,9)10)49-69(94(67)142-58-78-54-114(110-106-78)18-22-130-26-30-134-34-38-138-98-90(126)86(122)82(118)62(2)146-98)43-71-51-76(104(14,15)16)52-72(96(71)144-60-80-56-116(112-108-80)20-24-132-28-32-136-36-40-140-100-92(128)88(124)84(120)64(4)148-100)44-70-50-75(103(11,12)13)48-68(42-66(93)46-73(45-65)101(5,6)7)95(70)143-59-79-55-115(111-107-79)19-23-131-27-31-135-35-39-139-99-91(127)87(123)83(119)63(3)147-99/h45-56,61-64,81-92,97-100,117-128H,17-44,57-60H2,1-16H3/t61-,62-,63-,64-,81+,82+,83+,84+,85+,86+,87+,88+,89-,90-,91-,92-,97+,98+,99+,100+/m0/s1. The lowest BCUT2D eigenvalue weighted by molar-refractivity contribution is -0.294. The highest BCUT2D eigenvalue weighted by molar-refractivity contribution is 5.60. The van der Waals surface area contributed by atoms with Gasteiger partial charge in [0.2, 0.25) is 0 Å². The van der Waals surface area contributed by atoms with Crippen molar-refractivity contribution in [3.05, 3.63) is 163 Å². The highest BCUT2D eigenvalue weighted by Gasteiger charge is 2.47. The van der Waals surface area contributed by atoms with E-state index in [9.17, 15) is 61.3 Å². The number of ether oxygens (including phenoxy) is 20. The molecule has 8 bridgehead atoms. The molecule has 0 unspecified atom stereocenters. The summed E-state index contributed by atoms with van der Waals surface area (Å²) in [4.78, 5) is 0. The van der Waals surface area contributed by atoms with Crippen molar-refractivity contribution in [1.82, 2.24) is 60.0 Å². The van der Waals surface area contributed by atoms with E-state index < -0.39 is 144 Å². The summed E-state index contributed by atoms with van der Waals surface area (Å²) in [5, 5.41) is 160. The molecule has 1 aliphatic carbocycles. The zero-order valence-corrected chi connectivity index (χ0v) is 88.0. The van der Waals surface area contributed by atoms with Gasteiger partial charge in [0.1, 0.15) is 145 Å². The summed E-state index contributed by atoms with van der Waals surface area (Å²) >= 11 is 0. The van der Waals surface area contributed by atoms with E-state index in [4.69, 9.17) is 94.7 Å². The Bertz CT molecular complexity index is 4650. The second kappa shape index (κ2) is 54.4. The van der Waals surface area contributed by atoms with Crippen LogP contribution >= 0.6 is 0 Å². The molecule has 824 valence electrons. The maximum Gasteiger partial charge on any atom is 0.186 e. The fourth-order valence-corrected chi connectivity index (χ4v) is 17.4. The molecule has 0 amide bonds. The molecule has 8 aromatic rings. The first-order valence-corrected chi connectivity index (χ1v) is 51.1. The van der Waals surface area contributed by atoms with Crippen LogP contribution in [0.1, 0.15) is 200 Å². The fourth-order valence-electron chi connectivity index (χ4n) is 17.4. The third-order valence-electron chi connectivity index (χ3n) is 26.4. The van der Waals surface area contributed by atoms with Crippen molar-refractivity contribution >= 4 is 0 Å². The molecule has 5 aliphatic rings. The summed E-state index contributed by atoms with van der Waals surface area (Å²) in [6.07, 6.45) is -15.4. The highest BCUT2D eigenvalue weighted by atomic mass is 16.7. The molecule has 148 heavy (non-hydrogen) atoms. The number of nitrogens with zero attached hydrogens (tertiary/aromatic N) is 12. The van der Waals surface area contributed by atoms with Crippen molar-refractivity contribution in [1.29, 1.82) is 0 Å². The number of rotatable bonds is 52. The Balaban J connectivity index is 0.813. The van der Waals surface area contributed by atoms with Crippen molar-refractivity contribution in [2.45, 2.75) is 334 Å². The third kappa shape index (κ3) is 32.8. The van der Waals surface area contributed by atoms with Crippen LogP contribution in [0.15, 0.2) is 73.3 Å². The van der Waals surface area contributed by atoms with E-state index in [2.05, 4.69) is 173 Å². The number of aliphatic hydroxyl groups excluding tert-OH is 12. The average Bonchev–Trinajstić information content (AvgIpc) is 0.858. The Hall–Kier alpha value is -8.48.